The molecule has 188 valence electrons. The fourth-order valence-electron chi connectivity index (χ4n) is 4.80. The molecule has 0 N–H and O–H groups in total. The van der Waals surface area contributed by atoms with Crippen LogP contribution in [-0.2, 0) is 0 Å². The molecule has 0 spiro atoms. The van der Waals surface area contributed by atoms with Crippen molar-refractivity contribution in [2.75, 3.05) is 0 Å². The molecule has 0 rings (SSSR count). The number of halogens is 1. The van der Waals surface area contributed by atoms with Gasteiger partial charge in [0.2, 0.25) is 0 Å². The van der Waals surface area contributed by atoms with Gasteiger partial charge in [0.25, 0.3) is 0 Å². The van der Waals surface area contributed by atoms with Crippen LogP contribution in [0.1, 0.15) is 182 Å². The Bertz CT molecular complexity index is 335. The normalized spacial score (nSPS) is 14.6. The van der Waals surface area contributed by atoms with Crippen LogP contribution in [0, 0.1) is 5.92 Å². The Morgan fingerprint density at radius 2 is 0.774 bits per heavy atom. The molecule has 0 heterocycles. The summed E-state index contributed by atoms with van der Waals surface area (Å²) >= 11 is 6.91. The first-order valence-corrected chi connectivity index (χ1v) is 15.1. The summed E-state index contributed by atoms with van der Waals surface area (Å²) in [6.07, 6.45) is 33.9. The van der Waals surface area contributed by atoms with Gasteiger partial charge in [0.15, 0.2) is 0 Å². The van der Waals surface area contributed by atoms with Crippen LogP contribution < -0.4 is 0 Å². The van der Waals surface area contributed by atoms with Crippen molar-refractivity contribution in [2.45, 2.75) is 187 Å². The largest absolute Gasteiger partial charge is 0.119 e. The van der Waals surface area contributed by atoms with Crippen LogP contribution in [0.5, 0.6) is 0 Å². The second kappa shape index (κ2) is 23.4. The van der Waals surface area contributed by atoms with E-state index in [1.54, 1.807) is 0 Å². The maximum atomic E-state index is 6.91. The van der Waals surface area contributed by atoms with Gasteiger partial charge in [-0.2, -0.15) is 0 Å². The molecule has 31 heavy (non-hydrogen) atoms. The molecule has 0 aromatic heterocycles. The van der Waals surface area contributed by atoms with Crippen LogP contribution in [0.4, 0.5) is 0 Å². The third kappa shape index (κ3) is 21.9. The van der Waals surface area contributed by atoms with Crippen LogP contribution in [-0.4, -0.2) is 4.87 Å². The van der Waals surface area contributed by atoms with E-state index in [0.717, 1.165) is 0 Å². The third-order valence-corrected chi connectivity index (χ3v) is 8.10. The Balaban J connectivity index is 3.39. The summed E-state index contributed by atoms with van der Waals surface area (Å²) in [6, 6.07) is 0. The van der Waals surface area contributed by atoms with Gasteiger partial charge in [-0.1, -0.05) is 162 Å². The lowest BCUT2D eigenvalue weighted by Gasteiger charge is -2.29. The van der Waals surface area contributed by atoms with Crippen LogP contribution >= 0.6 is 11.6 Å². The van der Waals surface area contributed by atoms with Crippen molar-refractivity contribution in [2.24, 2.45) is 5.92 Å². The Kier molecular flexibility index (Phi) is 23.7. The predicted molar refractivity (Wildman–Crippen MR) is 146 cm³/mol. The van der Waals surface area contributed by atoms with Crippen molar-refractivity contribution >= 4 is 11.6 Å². The minimum atomic E-state index is 0.0133. The second-order valence-corrected chi connectivity index (χ2v) is 11.7. The Labute approximate surface area is 204 Å². The molecule has 0 aliphatic carbocycles. The number of rotatable bonds is 25. The zero-order valence-corrected chi connectivity index (χ0v) is 23.2. The third-order valence-electron chi connectivity index (χ3n) is 7.54. The Hall–Kier alpha value is 0.290. The molecule has 0 aromatic carbocycles. The van der Waals surface area contributed by atoms with Crippen molar-refractivity contribution < 1.29 is 0 Å². The molecular weight excluding hydrogens is 396 g/mol. The first kappa shape index (κ1) is 31.3. The van der Waals surface area contributed by atoms with Gasteiger partial charge in [-0.05, 0) is 25.7 Å². The zero-order valence-electron chi connectivity index (χ0n) is 22.4. The molecule has 0 fully saturated rings. The number of alkyl halides is 1. The summed E-state index contributed by atoms with van der Waals surface area (Å²) in [5.74, 6) is 0.650. The quantitative estimate of drug-likeness (QED) is 0.0945. The maximum Gasteiger partial charge on any atom is 0.0444 e. The van der Waals surface area contributed by atoms with Crippen LogP contribution in [0.2, 0.25) is 0 Å². The monoisotopic (exact) mass is 456 g/mol. The van der Waals surface area contributed by atoms with Gasteiger partial charge >= 0.3 is 0 Å². The van der Waals surface area contributed by atoms with Crippen LogP contribution in [0.15, 0.2) is 0 Å². The van der Waals surface area contributed by atoms with Gasteiger partial charge in [0, 0.05) is 4.87 Å². The topological polar surface area (TPSA) is 0 Å². The summed E-state index contributed by atoms with van der Waals surface area (Å²) in [5, 5.41) is 0. The van der Waals surface area contributed by atoms with Crippen LogP contribution in [0.25, 0.3) is 0 Å². The fraction of sp³-hybridized carbons (Fsp3) is 1.00. The molecule has 0 aliphatic heterocycles. The average molecular weight is 457 g/mol. The van der Waals surface area contributed by atoms with Gasteiger partial charge < -0.3 is 0 Å². The van der Waals surface area contributed by atoms with Crippen molar-refractivity contribution in [3.8, 4) is 0 Å². The van der Waals surface area contributed by atoms with Gasteiger partial charge in [0.1, 0.15) is 0 Å². The molecule has 0 bridgehead atoms. The summed E-state index contributed by atoms with van der Waals surface area (Å²) < 4.78 is 0. The molecule has 0 radical (unpaired) electrons. The maximum absolute atomic E-state index is 6.91. The highest BCUT2D eigenvalue weighted by molar-refractivity contribution is 6.23. The number of unbranched alkanes of at least 4 members (excludes halogenated alkanes) is 20. The highest BCUT2D eigenvalue weighted by Crippen LogP contribution is 2.34. The lowest BCUT2D eigenvalue weighted by atomic mass is 9.85. The van der Waals surface area contributed by atoms with Crippen LogP contribution in [0.3, 0.4) is 0 Å². The molecule has 0 amide bonds. The second-order valence-electron chi connectivity index (χ2n) is 10.8. The predicted octanol–water partition coefficient (Wildman–Crippen LogP) is 12.0. The van der Waals surface area contributed by atoms with E-state index in [1.807, 2.05) is 0 Å². The first-order valence-electron chi connectivity index (χ1n) is 14.7. The molecule has 0 nitrogen and oxygen atoms in total. The van der Waals surface area contributed by atoms with Crippen molar-refractivity contribution in [3.63, 3.8) is 0 Å². The van der Waals surface area contributed by atoms with E-state index in [2.05, 4.69) is 27.7 Å². The highest BCUT2D eigenvalue weighted by atomic mass is 35.5. The van der Waals surface area contributed by atoms with Crippen molar-refractivity contribution in [1.29, 1.82) is 0 Å². The number of hydrogen-bond donors (Lipinski definition) is 0. The fourth-order valence-corrected chi connectivity index (χ4v) is 5.04. The lowest BCUT2D eigenvalue weighted by molar-refractivity contribution is 0.350. The lowest BCUT2D eigenvalue weighted by Crippen LogP contribution is -2.26. The standard InChI is InChI=1S/C30H61Cl/c1-5-7-9-11-13-14-15-16-17-18-19-20-21-22-24-26-28-30(4,31)29(3)27-25-23-12-10-8-6-2/h29H,5-28H2,1-4H3. The molecule has 2 atom stereocenters. The first-order chi connectivity index (χ1) is 15.0. The molecule has 0 saturated carbocycles. The van der Waals surface area contributed by atoms with Gasteiger partial charge in [0.05, 0.1) is 0 Å². The van der Waals surface area contributed by atoms with E-state index >= 15 is 0 Å². The smallest absolute Gasteiger partial charge is 0.0444 e. The van der Waals surface area contributed by atoms with Gasteiger partial charge in [-0.3, -0.25) is 0 Å². The van der Waals surface area contributed by atoms with Gasteiger partial charge in [-0.25, -0.2) is 0 Å². The highest BCUT2D eigenvalue weighted by Gasteiger charge is 2.27. The summed E-state index contributed by atoms with van der Waals surface area (Å²) in [7, 11) is 0. The minimum absolute atomic E-state index is 0.0133. The summed E-state index contributed by atoms with van der Waals surface area (Å²) in [6.45, 7) is 9.27. The van der Waals surface area contributed by atoms with E-state index < -0.39 is 0 Å². The van der Waals surface area contributed by atoms with Crippen molar-refractivity contribution in [3.05, 3.63) is 0 Å². The average Bonchev–Trinajstić information content (AvgIpc) is 2.75. The number of hydrogen-bond acceptors (Lipinski definition) is 0. The summed E-state index contributed by atoms with van der Waals surface area (Å²) in [4.78, 5) is 0.0133. The molecule has 0 aromatic rings. The van der Waals surface area contributed by atoms with Crippen molar-refractivity contribution in [1.82, 2.24) is 0 Å². The molecule has 2 unspecified atom stereocenters. The Morgan fingerprint density at radius 1 is 0.484 bits per heavy atom. The molecule has 0 aliphatic rings. The molecule has 0 saturated heterocycles. The van der Waals surface area contributed by atoms with E-state index in [1.165, 1.54) is 154 Å². The van der Waals surface area contributed by atoms with E-state index in [0.29, 0.717) is 5.92 Å². The minimum Gasteiger partial charge on any atom is -0.119 e. The van der Waals surface area contributed by atoms with E-state index in [-0.39, 0.29) is 4.87 Å². The van der Waals surface area contributed by atoms with Gasteiger partial charge in [-0.15, -0.1) is 11.6 Å². The Morgan fingerprint density at radius 3 is 1.13 bits per heavy atom. The molecular formula is C30H61Cl. The van der Waals surface area contributed by atoms with E-state index in [4.69, 9.17) is 11.6 Å². The molecule has 1 heteroatoms. The zero-order chi connectivity index (χ0) is 23.0. The van der Waals surface area contributed by atoms with E-state index in [9.17, 15) is 0 Å². The summed E-state index contributed by atoms with van der Waals surface area (Å²) in [5.41, 5.74) is 0. The SMILES string of the molecule is CCCCCCCCCCCCCCCCCCC(C)(Cl)C(C)CCCCCCCC.